The summed E-state index contributed by atoms with van der Waals surface area (Å²) in [7, 11) is 1.36. The van der Waals surface area contributed by atoms with Crippen LogP contribution in [0.4, 0.5) is 0 Å². The van der Waals surface area contributed by atoms with E-state index in [2.05, 4.69) is 4.74 Å². The molecule has 94 valence electrons. The number of carbonyl (C=O) groups excluding carboxylic acids is 1. The zero-order valence-electron chi connectivity index (χ0n) is 10.5. The largest absolute Gasteiger partial charge is 0.481 e. The Morgan fingerprint density at radius 1 is 1.38 bits per heavy atom. The van der Waals surface area contributed by atoms with E-state index in [4.69, 9.17) is 5.11 Å². The maximum Gasteiger partial charge on any atom is 0.330 e. The summed E-state index contributed by atoms with van der Waals surface area (Å²) in [6, 6.07) is 0. The molecule has 0 fully saturated rings. The number of allylic oxidation sites excluding steroid dienone is 1. The minimum absolute atomic E-state index is 0.167. The van der Waals surface area contributed by atoms with Crippen molar-refractivity contribution in [2.45, 2.75) is 40.0 Å². The van der Waals surface area contributed by atoms with Gasteiger partial charge in [-0.1, -0.05) is 33.3 Å². The normalized spacial score (nSPS) is 11.5. The highest BCUT2D eigenvalue weighted by atomic mass is 16.5. The molecule has 0 spiro atoms. The molecule has 1 unspecified atom stereocenters. The Morgan fingerprint density at radius 3 is 2.19 bits per heavy atom. The van der Waals surface area contributed by atoms with Gasteiger partial charge in [0.15, 0.2) is 0 Å². The summed E-state index contributed by atoms with van der Waals surface area (Å²) < 4.78 is 4.33. The van der Waals surface area contributed by atoms with Gasteiger partial charge in [0.2, 0.25) is 0 Å². The Labute approximate surface area is 97.3 Å². The van der Waals surface area contributed by atoms with Crippen molar-refractivity contribution in [1.29, 1.82) is 0 Å². The molecule has 4 heteroatoms. The molecule has 16 heavy (non-hydrogen) atoms. The summed E-state index contributed by atoms with van der Waals surface area (Å²) in [5, 5.41) is 8.31. The lowest BCUT2D eigenvalue weighted by molar-refractivity contribution is -0.141. The maximum absolute atomic E-state index is 10.3. The van der Waals surface area contributed by atoms with Gasteiger partial charge in [-0.15, -0.1) is 0 Å². The molecule has 0 aliphatic rings. The molecule has 0 aromatic carbocycles. The van der Waals surface area contributed by atoms with Crippen molar-refractivity contribution in [2.24, 2.45) is 5.92 Å². The van der Waals surface area contributed by atoms with Crippen LogP contribution in [0.25, 0.3) is 0 Å². The van der Waals surface area contributed by atoms with Gasteiger partial charge >= 0.3 is 11.9 Å². The van der Waals surface area contributed by atoms with Crippen LogP contribution in [-0.4, -0.2) is 24.2 Å². The number of carboxylic acids is 1. The summed E-state index contributed by atoms with van der Waals surface area (Å²) in [5.41, 5.74) is 0. The summed E-state index contributed by atoms with van der Waals surface area (Å²) in [5.74, 6) is -1.14. The van der Waals surface area contributed by atoms with Gasteiger partial charge in [0.25, 0.3) is 0 Å². The van der Waals surface area contributed by atoms with E-state index in [0.29, 0.717) is 0 Å². The number of hydrogen-bond acceptors (Lipinski definition) is 3. The van der Waals surface area contributed by atoms with Crippen LogP contribution in [0.2, 0.25) is 0 Å². The zero-order chi connectivity index (χ0) is 13.0. The minimum Gasteiger partial charge on any atom is -0.481 e. The number of methoxy groups -OCH3 is 1. The Bertz CT molecular complexity index is 221. The van der Waals surface area contributed by atoms with Crippen LogP contribution in [0, 0.1) is 5.92 Å². The van der Waals surface area contributed by atoms with Gasteiger partial charge in [-0.25, -0.2) is 4.79 Å². The zero-order valence-corrected chi connectivity index (χ0v) is 10.5. The van der Waals surface area contributed by atoms with E-state index < -0.39 is 5.97 Å². The van der Waals surface area contributed by atoms with Crippen molar-refractivity contribution in [1.82, 2.24) is 0 Å². The molecule has 0 aliphatic carbocycles. The first-order valence-corrected chi connectivity index (χ1v) is 5.46. The van der Waals surface area contributed by atoms with Crippen molar-refractivity contribution in [3.8, 4) is 0 Å². The van der Waals surface area contributed by atoms with E-state index in [1.54, 1.807) is 13.0 Å². The van der Waals surface area contributed by atoms with Gasteiger partial charge < -0.3 is 9.84 Å². The van der Waals surface area contributed by atoms with Crippen LogP contribution >= 0.6 is 0 Å². The highest BCUT2D eigenvalue weighted by Crippen LogP contribution is 2.03. The van der Waals surface area contributed by atoms with E-state index in [0.717, 1.165) is 19.3 Å². The second-order valence-corrected chi connectivity index (χ2v) is 3.36. The van der Waals surface area contributed by atoms with E-state index in [1.807, 2.05) is 13.8 Å². The van der Waals surface area contributed by atoms with Gasteiger partial charge in [0, 0.05) is 6.08 Å². The number of esters is 1. The lowest BCUT2D eigenvalue weighted by Crippen LogP contribution is -2.08. The van der Waals surface area contributed by atoms with Gasteiger partial charge in [-0.2, -0.15) is 0 Å². The van der Waals surface area contributed by atoms with Crippen LogP contribution in [0.3, 0.4) is 0 Å². The summed E-state index contributed by atoms with van der Waals surface area (Å²) in [4.78, 5) is 20.4. The van der Waals surface area contributed by atoms with Gasteiger partial charge in [0.1, 0.15) is 0 Å². The van der Waals surface area contributed by atoms with E-state index in [9.17, 15) is 9.59 Å². The molecule has 0 aliphatic heterocycles. The predicted molar refractivity (Wildman–Crippen MR) is 63.2 cm³/mol. The summed E-state index contributed by atoms with van der Waals surface area (Å²) in [6.45, 7) is 5.67. The molecular formula is C12H22O4. The smallest absolute Gasteiger partial charge is 0.330 e. The molecule has 1 atom stereocenters. The fraction of sp³-hybridized carbons (Fsp3) is 0.667. The molecule has 0 heterocycles. The molecule has 0 amide bonds. The molecule has 0 saturated carbocycles. The average molecular weight is 230 g/mol. The van der Waals surface area contributed by atoms with Gasteiger partial charge in [-0.3, -0.25) is 4.79 Å². The Hall–Kier alpha value is -1.32. The molecule has 0 rings (SSSR count). The number of ether oxygens (including phenoxy) is 1. The SMILES string of the molecule is CCC=CC(=O)OC.CCCC(C)C(=O)O. The molecule has 1 N–H and O–H groups in total. The lowest BCUT2D eigenvalue weighted by Gasteiger charge is -2.00. The van der Waals surface area contributed by atoms with Crippen molar-refractivity contribution in [3.05, 3.63) is 12.2 Å². The molecule has 0 radical (unpaired) electrons. The van der Waals surface area contributed by atoms with Crippen LogP contribution in [0.5, 0.6) is 0 Å². The highest BCUT2D eigenvalue weighted by Gasteiger charge is 2.07. The van der Waals surface area contributed by atoms with Crippen LogP contribution in [-0.2, 0) is 14.3 Å². The highest BCUT2D eigenvalue weighted by molar-refractivity contribution is 5.81. The average Bonchev–Trinajstić information content (AvgIpc) is 2.27. The Morgan fingerprint density at radius 2 is 1.94 bits per heavy atom. The van der Waals surface area contributed by atoms with Crippen molar-refractivity contribution < 1.29 is 19.4 Å². The number of hydrogen-bond donors (Lipinski definition) is 1. The Kier molecular flexibility index (Phi) is 12.6. The van der Waals surface area contributed by atoms with Crippen LogP contribution < -0.4 is 0 Å². The minimum atomic E-state index is -0.688. The lowest BCUT2D eigenvalue weighted by atomic mass is 10.1. The molecule has 4 nitrogen and oxygen atoms in total. The van der Waals surface area contributed by atoms with E-state index in [-0.39, 0.29) is 11.9 Å². The molecule has 0 bridgehead atoms. The number of rotatable bonds is 5. The van der Waals surface area contributed by atoms with E-state index in [1.165, 1.54) is 13.2 Å². The van der Waals surface area contributed by atoms with Crippen molar-refractivity contribution in [3.63, 3.8) is 0 Å². The molecule has 0 aromatic heterocycles. The molecule has 0 saturated heterocycles. The third-order valence-electron chi connectivity index (χ3n) is 1.83. The number of carbonyl (C=O) groups is 2. The first-order valence-electron chi connectivity index (χ1n) is 5.46. The van der Waals surface area contributed by atoms with Crippen molar-refractivity contribution in [2.75, 3.05) is 7.11 Å². The maximum atomic E-state index is 10.3. The topological polar surface area (TPSA) is 63.6 Å². The molecule has 0 aromatic rings. The summed E-state index contributed by atoms with van der Waals surface area (Å²) in [6.07, 6.45) is 5.78. The fourth-order valence-corrected chi connectivity index (χ4v) is 0.839. The van der Waals surface area contributed by atoms with Gasteiger partial charge in [-0.05, 0) is 12.8 Å². The fourth-order valence-electron chi connectivity index (χ4n) is 0.839. The van der Waals surface area contributed by atoms with Crippen LogP contribution in [0.15, 0.2) is 12.2 Å². The third-order valence-corrected chi connectivity index (χ3v) is 1.83. The van der Waals surface area contributed by atoms with Gasteiger partial charge in [0.05, 0.1) is 13.0 Å². The van der Waals surface area contributed by atoms with Crippen LogP contribution in [0.1, 0.15) is 40.0 Å². The second kappa shape index (κ2) is 11.8. The number of carboxylic acid groups (broad SMARTS) is 1. The quantitative estimate of drug-likeness (QED) is 0.582. The number of aliphatic carboxylic acids is 1. The van der Waals surface area contributed by atoms with E-state index >= 15 is 0 Å². The first-order chi connectivity index (χ1) is 7.49. The third kappa shape index (κ3) is 12.7. The second-order valence-electron chi connectivity index (χ2n) is 3.36. The van der Waals surface area contributed by atoms with Crippen molar-refractivity contribution >= 4 is 11.9 Å². The Balaban J connectivity index is 0. The standard InChI is InChI=1S/C6H10O2.C6H12O2/c1-3-4-5-6(7)8-2;1-3-4-5(2)6(7)8/h4-5H,3H2,1-2H3;5H,3-4H2,1-2H3,(H,7,8). The summed E-state index contributed by atoms with van der Waals surface area (Å²) >= 11 is 0. The predicted octanol–water partition coefficient (Wildman–Crippen LogP) is 2.63. The molecular weight excluding hydrogens is 208 g/mol. The first kappa shape index (κ1) is 17.1. The monoisotopic (exact) mass is 230 g/mol.